The first-order valence-electron chi connectivity index (χ1n) is 20.1. The van der Waals surface area contributed by atoms with E-state index in [4.69, 9.17) is 9.73 Å². The maximum absolute atomic E-state index is 13.6. The molecule has 66 heavy (non-hydrogen) atoms. The Morgan fingerprint density at radius 3 is 1.74 bits per heavy atom. The minimum Gasteiger partial charge on any atom is -0.480 e. The van der Waals surface area contributed by atoms with E-state index in [1.807, 2.05) is 11.8 Å². The molecule has 0 saturated heterocycles. The van der Waals surface area contributed by atoms with Crippen LogP contribution in [-0.4, -0.2) is 87.8 Å². The van der Waals surface area contributed by atoms with Gasteiger partial charge >= 0.3 is 11.9 Å². The van der Waals surface area contributed by atoms with Gasteiger partial charge in [0.1, 0.15) is 9.79 Å². The zero-order valence-electron chi connectivity index (χ0n) is 36.1. The standard InChI is InChI=1S/C44H44N2O16S4/c1-7-46-33-14-12-29-31(19-27(64(53,54)55)21-35(29)66(59,60)61)39(33)43(5,6)37(46)16-10-25-17-24(22-44(23-25,40(47)48)41(49)62-8-2)9-15-36-42(3,4)38-30-18-26(63(50,51)52)20-34(65(56,57)58)28(30)11-13-32(38)45-36/h9-21H,7-8,22-23H2,1-6H3,(H,47,48)(H,50,51,52)(H,53,54,55)(H,56,57,58)(H,59,60,61)/b15-9+,25-10-,37-16+. The normalized spacial score (nSPS) is 20.8. The van der Waals surface area contributed by atoms with Crippen LogP contribution >= 0.6 is 0 Å². The van der Waals surface area contributed by atoms with Crippen LogP contribution in [0, 0.1) is 5.41 Å². The average Bonchev–Trinajstić information content (AvgIpc) is 3.60. The Balaban J connectivity index is 1.36. The van der Waals surface area contributed by atoms with Crippen LogP contribution in [0.25, 0.3) is 21.5 Å². The summed E-state index contributed by atoms with van der Waals surface area (Å²) in [5.74, 6) is -2.45. The summed E-state index contributed by atoms with van der Waals surface area (Å²) >= 11 is 0. The second kappa shape index (κ2) is 16.0. The summed E-state index contributed by atoms with van der Waals surface area (Å²) < 4.78 is 144. The number of carbonyl (C=O) groups is 2. The van der Waals surface area contributed by atoms with E-state index in [0.29, 0.717) is 63.7 Å². The molecule has 7 rings (SSSR count). The van der Waals surface area contributed by atoms with Gasteiger partial charge in [0.15, 0.2) is 5.41 Å². The third kappa shape index (κ3) is 8.18. The molecule has 1 unspecified atom stereocenters. The predicted molar refractivity (Wildman–Crippen MR) is 243 cm³/mol. The smallest absolute Gasteiger partial charge is 0.324 e. The van der Waals surface area contributed by atoms with Crippen molar-refractivity contribution in [2.75, 3.05) is 18.1 Å². The molecule has 2 heterocycles. The van der Waals surface area contributed by atoms with E-state index in [1.165, 1.54) is 25.1 Å². The number of rotatable bonds is 11. The lowest BCUT2D eigenvalue weighted by Crippen LogP contribution is -2.42. The van der Waals surface area contributed by atoms with Crippen molar-refractivity contribution in [2.24, 2.45) is 10.4 Å². The predicted octanol–water partition coefficient (Wildman–Crippen LogP) is 6.88. The van der Waals surface area contributed by atoms with E-state index in [9.17, 15) is 66.6 Å². The minimum absolute atomic E-state index is 0.00302. The van der Waals surface area contributed by atoms with Crippen LogP contribution in [0.15, 0.2) is 120 Å². The topological polar surface area (TPSA) is 297 Å². The van der Waals surface area contributed by atoms with E-state index >= 15 is 0 Å². The van der Waals surface area contributed by atoms with Gasteiger partial charge in [0, 0.05) is 39.5 Å². The maximum atomic E-state index is 13.6. The fraction of sp³-hybridized carbons (Fsp3) is 0.295. The number of aliphatic carboxylic acids is 1. The van der Waals surface area contributed by atoms with E-state index < -0.39 is 88.2 Å². The highest BCUT2D eigenvalue weighted by atomic mass is 32.2. The number of nitrogens with zero attached hydrogens (tertiary/aromatic N) is 2. The summed E-state index contributed by atoms with van der Waals surface area (Å²) in [4.78, 5) is 30.4. The molecule has 0 aromatic heterocycles. The highest BCUT2D eigenvalue weighted by Gasteiger charge is 2.50. The zero-order chi connectivity index (χ0) is 48.9. The molecule has 18 nitrogen and oxygen atoms in total. The largest absolute Gasteiger partial charge is 0.480 e. The SMILES string of the molecule is CCOC(=O)C1(C(=O)O)CC(/C=C/C2=Nc3ccc4c(S(=O)(=O)O)cc(S(=O)(=O)O)cc4c3C2(C)C)=CC(=C/C=C2/N(CC)c3ccc4c(S(=O)(=O)O)cc(S(=O)(=O)O)cc4c3C2(C)C)/C1. The Kier molecular flexibility index (Phi) is 11.8. The van der Waals surface area contributed by atoms with Gasteiger partial charge in [0.25, 0.3) is 40.5 Å². The first-order valence-corrected chi connectivity index (χ1v) is 25.8. The first kappa shape index (κ1) is 48.3. The zero-order valence-corrected chi connectivity index (χ0v) is 39.4. The average molecular weight is 985 g/mol. The van der Waals surface area contributed by atoms with Gasteiger partial charge in [0.05, 0.1) is 27.8 Å². The monoisotopic (exact) mass is 984 g/mol. The van der Waals surface area contributed by atoms with Crippen LogP contribution in [0.4, 0.5) is 11.4 Å². The van der Waals surface area contributed by atoms with Crippen molar-refractivity contribution in [1.29, 1.82) is 0 Å². The van der Waals surface area contributed by atoms with Crippen molar-refractivity contribution in [1.82, 2.24) is 0 Å². The molecule has 0 amide bonds. The summed E-state index contributed by atoms with van der Waals surface area (Å²) in [5.41, 5.74) is -0.848. The van der Waals surface area contributed by atoms with Crippen molar-refractivity contribution in [3.63, 3.8) is 0 Å². The van der Waals surface area contributed by atoms with Gasteiger partial charge in [-0.05, 0) is 108 Å². The van der Waals surface area contributed by atoms with Crippen molar-refractivity contribution >= 4 is 91.0 Å². The van der Waals surface area contributed by atoms with E-state index in [1.54, 1.807) is 64.1 Å². The molecule has 350 valence electrons. The third-order valence-corrected chi connectivity index (χ3v) is 15.7. The molecule has 4 aromatic rings. The van der Waals surface area contributed by atoms with Crippen molar-refractivity contribution in [3.05, 3.63) is 107 Å². The molecule has 0 saturated carbocycles. The number of esters is 1. The van der Waals surface area contributed by atoms with Gasteiger partial charge in [-0.15, -0.1) is 0 Å². The second-order valence-electron chi connectivity index (χ2n) is 17.2. The van der Waals surface area contributed by atoms with Gasteiger partial charge in [-0.3, -0.25) is 32.8 Å². The van der Waals surface area contributed by atoms with E-state index in [0.717, 1.165) is 12.1 Å². The molecule has 0 radical (unpaired) electrons. The molecular weight excluding hydrogens is 941 g/mol. The quantitative estimate of drug-likeness (QED) is 0.0581. The van der Waals surface area contributed by atoms with Gasteiger partial charge in [0.2, 0.25) is 0 Å². The first-order chi connectivity index (χ1) is 30.4. The molecule has 2 aliphatic heterocycles. The summed E-state index contributed by atoms with van der Waals surface area (Å²) in [5, 5.41) is 10.9. The van der Waals surface area contributed by atoms with Crippen LogP contribution in [0.5, 0.6) is 0 Å². The van der Waals surface area contributed by atoms with Crippen LogP contribution in [-0.2, 0) is 65.6 Å². The highest BCUT2D eigenvalue weighted by Crippen LogP contribution is 2.52. The highest BCUT2D eigenvalue weighted by molar-refractivity contribution is 7.87. The van der Waals surface area contributed by atoms with E-state index in [2.05, 4.69) is 0 Å². The summed E-state index contributed by atoms with van der Waals surface area (Å²) in [6.45, 7) is 10.6. The van der Waals surface area contributed by atoms with Crippen LogP contribution < -0.4 is 4.90 Å². The van der Waals surface area contributed by atoms with Crippen molar-refractivity contribution in [2.45, 2.75) is 84.8 Å². The lowest BCUT2D eigenvalue weighted by atomic mass is 9.71. The van der Waals surface area contributed by atoms with Gasteiger partial charge in [-0.1, -0.05) is 58.1 Å². The fourth-order valence-electron chi connectivity index (χ4n) is 9.30. The molecular formula is C44H44N2O16S4. The number of hydrogen-bond donors (Lipinski definition) is 5. The molecule has 4 aromatic carbocycles. The second-order valence-corrected chi connectivity index (χ2v) is 22.8. The fourth-order valence-corrected chi connectivity index (χ4v) is 12.0. The Morgan fingerprint density at radius 1 is 0.697 bits per heavy atom. The number of likely N-dealkylation sites (N-methyl/N-ethyl adjacent to an activating group) is 1. The molecule has 22 heteroatoms. The van der Waals surface area contributed by atoms with Crippen LogP contribution in [0.1, 0.15) is 65.5 Å². The molecule has 3 aliphatic rings. The molecule has 5 N–H and O–H groups in total. The number of carboxylic acid groups (broad SMARTS) is 1. The number of anilines is 1. The molecule has 0 spiro atoms. The molecule has 1 atom stereocenters. The number of allylic oxidation sites excluding steroid dienone is 8. The lowest BCUT2D eigenvalue weighted by molar-refractivity contribution is -0.168. The Labute approximate surface area is 380 Å². The number of aliphatic imine (C=N–C) groups is 1. The Morgan fingerprint density at radius 2 is 1.24 bits per heavy atom. The van der Waals surface area contributed by atoms with Crippen molar-refractivity contribution < 1.29 is 71.3 Å². The summed E-state index contributed by atoms with van der Waals surface area (Å²) in [7, 11) is -19.9. The third-order valence-electron chi connectivity index (χ3n) is 12.3. The number of carboxylic acids is 1. The molecule has 0 bridgehead atoms. The molecule has 0 fully saturated rings. The summed E-state index contributed by atoms with van der Waals surface area (Å²) in [6, 6.07) is 9.39. The van der Waals surface area contributed by atoms with Crippen LogP contribution in [0.3, 0.4) is 0 Å². The minimum atomic E-state index is -4.99. The van der Waals surface area contributed by atoms with E-state index in [-0.39, 0.29) is 41.0 Å². The van der Waals surface area contributed by atoms with Gasteiger partial charge < -0.3 is 14.7 Å². The Bertz CT molecular complexity index is 3470. The van der Waals surface area contributed by atoms with Gasteiger partial charge in [-0.25, -0.2) is 0 Å². The van der Waals surface area contributed by atoms with Crippen molar-refractivity contribution in [3.8, 4) is 0 Å². The number of ether oxygens (including phenoxy) is 1. The lowest BCUT2D eigenvalue weighted by Gasteiger charge is -2.32. The Hall–Kier alpha value is -5.59. The number of benzene rings is 4. The van der Waals surface area contributed by atoms with Crippen LogP contribution in [0.2, 0.25) is 0 Å². The maximum Gasteiger partial charge on any atom is 0.324 e. The summed E-state index contributed by atoms with van der Waals surface area (Å²) in [6.07, 6.45) is 7.54. The molecule has 1 aliphatic carbocycles. The number of hydrogen-bond acceptors (Lipinski definition) is 13. The number of carbonyl (C=O) groups excluding carboxylic acids is 1. The number of fused-ring (bicyclic) bond motifs is 6. The van der Waals surface area contributed by atoms with Gasteiger partial charge in [-0.2, -0.15) is 33.7 Å².